The highest BCUT2D eigenvalue weighted by Gasteiger charge is 2.11. The molecule has 0 saturated carbocycles. The van der Waals surface area contributed by atoms with E-state index in [2.05, 4.69) is 36.0 Å². The lowest BCUT2D eigenvalue weighted by Gasteiger charge is -2.31. The smallest absolute Gasteiger partial charge is 0.106 e. The molecule has 0 unspecified atom stereocenters. The lowest BCUT2D eigenvalue weighted by Crippen LogP contribution is -2.47. The molecule has 5 heteroatoms. The molecule has 1 N–H and O–H groups in total. The summed E-state index contributed by atoms with van der Waals surface area (Å²) in [6.45, 7) is 14.1. The number of nitrogens with zero attached hydrogens (tertiary/aromatic N) is 2. The van der Waals surface area contributed by atoms with Crippen LogP contribution in [-0.2, 0) is 9.59 Å². The van der Waals surface area contributed by atoms with Gasteiger partial charge >= 0.3 is 0 Å². The van der Waals surface area contributed by atoms with Crippen molar-refractivity contribution in [2.24, 2.45) is 0 Å². The molecule has 1 saturated heterocycles. The van der Waals surface area contributed by atoms with Crippen molar-refractivity contribution < 1.29 is 9.59 Å². The number of piperazine rings is 1. The van der Waals surface area contributed by atoms with E-state index in [-0.39, 0.29) is 0 Å². The van der Waals surface area contributed by atoms with E-state index in [4.69, 9.17) is 9.59 Å². The largest absolute Gasteiger partial charge is 0.307 e. The molecule has 0 radical (unpaired) electrons. The molecular formula is C12H29N3O2. The molecule has 1 rings (SSSR count). The Kier molecular flexibility index (Phi) is 26.1. The number of likely N-dealkylation sites (N-methyl/N-ethyl adjacent to an activating group) is 1. The van der Waals surface area contributed by atoms with Gasteiger partial charge in [0.25, 0.3) is 0 Å². The normalized spacial score (nSPS) is 15.3. The molecule has 0 bridgehead atoms. The summed E-state index contributed by atoms with van der Waals surface area (Å²) in [5.41, 5.74) is 0. The van der Waals surface area contributed by atoms with Crippen LogP contribution in [0.15, 0.2) is 0 Å². The molecule has 0 aromatic carbocycles. The van der Waals surface area contributed by atoms with Crippen molar-refractivity contribution in [3.8, 4) is 0 Å². The number of nitrogens with one attached hydrogen (secondary N) is 1. The van der Waals surface area contributed by atoms with Crippen LogP contribution in [0.2, 0.25) is 0 Å². The second kappa shape index (κ2) is 20.6. The Balaban J connectivity index is -0.000000239. The summed E-state index contributed by atoms with van der Waals surface area (Å²) in [4.78, 5) is 20.8. The van der Waals surface area contributed by atoms with Crippen LogP contribution in [0.1, 0.15) is 20.3 Å². The Hall–Kier alpha value is -0.780. The van der Waals surface area contributed by atoms with E-state index >= 15 is 0 Å². The van der Waals surface area contributed by atoms with Crippen LogP contribution in [-0.4, -0.2) is 70.3 Å². The van der Waals surface area contributed by atoms with E-state index in [0.29, 0.717) is 0 Å². The van der Waals surface area contributed by atoms with E-state index in [0.717, 1.165) is 6.67 Å². The molecule has 0 spiro atoms. The molecule has 0 aliphatic carbocycles. The summed E-state index contributed by atoms with van der Waals surface area (Å²) in [7, 11) is 4.18. The van der Waals surface area contributed by atoms with Gasteiger partial charge in [-0.25, -0.2) is 0 Å². The average Bonchev–Trinajstić information content (AvgIpc) is 2.38. The second-order valence-corrected chi connectivity index (χ2v) is 3.64. The predicted molar refractivity (Wildman–Crippen MR) is 73.2 cm³/mol. The molecule has 1 aliphatic heterocycles. The zero-order valence-corrected chi connectivity index (χ0v) is 11.9. The predicted octanol–water partition coefficient (Wildman–Crippen LogP) is 0.457. The Morgan fingerprint density at radius 2 is 1.35 bits per heavy atom. The van der Waals surface area contributed by atoms with Gasteiger partial charge in [0, 0.05) is 32.8 Å². The quantitative estimate of drug-likeness (QED) is 0.768. The number of hydrogen-bond donors (Lipinski definition) is 1. The van der Waals surface area contributed by atoms with Gasteiger partial charge in [0.15, 0.2) is 0 Å². The minimum absolute atomic E-state index is 1.04. The molecule has 0 atom stereocenters. The third kappa shape index (κ3) is 17.8. The SMILES string of the molecule is C=O.C=O.CCC.CNCN1CCN(C)CC1. The minimum atomic E-state index is 1.04. The van der Waals surface area contributed by atoms with Crippen LogP contribution in [0.4, 0.5) is 0 Å². The van der Waals surface area contributed by atoms with E-state index in [9.17, 15) is 0 Å². The zero-order valence-electron chi connectivity index (χ0n) is 11.9. The van der Waals surface area contributed by atoms with Gasteiger partial charge in [-0.15, -0.1) is 0 Å². The molecule has 1 fully saturated rings. The number of hydrogen-bond acceptors (Lipinski definition) is 5. The Labute approximate surface area is 106 Å². The molecule has 0 amide bonds. The summed E-state index contributed by atoms with van der Waals surface area (Å²) in [5, 5.41) is 3.16. The zero-order chi connectivity index (χ0) is 14.1. The van der Waals surface area contributed by atoms with Crippen molar-refractivity contribution in [2.75, 3.05) is 46.9 Å². The maximum absolute atomic E-state index is 8.00. The number of carbonyl (C=O) groups excluding carboxylic acids is 2. The van der Waals surface area contributed by atoms with E-state index < -0.39 is 0 Å². The molecule has 5 nitrogen and oxygen atoms in total. The molecular weight excluding hydrogens is 218 g/mol. The summed E-state index contributed by atoms with van der Waals surface area (Å²) in [6, 6.07) is 0. The molecule has 0 aromatic rings. The maximum Gasteiger partial charge on any atom is 0.106 e. The molecule has 1 heterocycles. The molecule has 0 aromatic heterocycles. The first-order valence-electron chi connectivity index (χ1n) is 5.87. The van der Waals surface area contributed by atoms with Crippen molar-refractivity contribution in [3.05, 3.63) is 0 Å². The lowest BCUT2D eigenvalue weighted by atomic mass is 10.3. The van der Waals surface area contributed by atoms with Gasteiger partial charge in [0.1, 0.15) is 13.6 Å². The molecule has 17 heavy (non-hydrogen) atoms. The monoisotopic (exact) mass is 247 g/mol. The van der Waals surface area contributed by atoms with E-state index in [1.165, 1.54) is 32.6 Å². The van der Waals surface area contributed by atoms with Crippen molar-refractivity contribution in [3.63, 3.8) is 0 Å². The second-order valence-electron chi connectivity index (χ2n) is 3.64. The first-order chi connectivity index (χ1) is 8.24. The maximum atomic E-state index is 8.00. The Morgan fingerprint density at radius 3 is 1.65 bits per heavy atom. The van der Waals surface area contributed by atoms with Crippen molar-refractivity contribution in [2.45, 2.75) is 20.3 Å². The van der Waals surface area contributed by atoms with E-state index in [1.54, 1.807) is 0 Å². The van der Waals surface area contributed by atoms with Crippen molar-refractivity contribution >= 4 is 13.6 Å². The standard InChI is InChI=1S/C7H17N3.C3H8.2CH2O/c1-8-7-10-5-3-9(2)4-6-10;1-3-2;2*1-2/h8H,3-7H2,1-2H3;3H2,1-2H3;2*1H2. The van der Waals surface area contributed by atoms with Crippen LogP contribution in [0.3, 0.4) is 0 Å². The van der Waals surface area contributed by atoms with Gasteiger partial charge in [0.05, 0.1) is 0 Å². The van der Waals surface area contributed by atoms with Crippen LogP contribution >= 0.6 is 0 Å². The van der Waals surface area contributed by atoms with Gasteiger partial charge in [-0.2, -0.15) is 0 Å². The topological polar surface area (TPSA) is 52.7 Å². The minimum Gasteiger partial charge on any atom is -0.307 e. The van der Waals surface area contributed by atoms with Gasteiger partial charge in [-0.3, -0.25) is 4.90 Å². The highest BCUT2D eigenvalue weighted by atomic mass is 16.1. The fraction of sp³-hybridized carbons (Fsp3) is 0.833. The fourth-order valence-electron chi connectivity index (χ4n) is 1.23. The highest BCUT2D eigenvalue weighted by Crippen LogP contribution is 1.95. The summed E-state index contributed by atoms with van der Waals surface area (Å²) in [6.07, 6.45) is 1.25. The van der Waals surface area contributed by atoms with Crippen LogP contribution < -0.4 is 5.32 Å². The van der Waals surface area contributed by atoms with Crippen LogP contribution in [0.25, 0.3) is 0 Å². The summed E-state index contributed by atoms with van der Waals surface area (Å²) < 4.78 is 0. The fourth-order valence-corrected chi connectivity index (χ4v) is 1.23. The lowest BCUT2D eigenvalue weighted by molar-refractivity contribution is -0.0987. The average molecular weight is 247 g/mol. The Bertz CT molecular complexity index is 127. The van der Waals surface area contributed by atoms with Crippen LogP contribution in [0, 0.1) is 0 Å². The third-order valence-electron chi connectivity index (χ3n) is 1.98. The molecule has 104 valence electrons. The van der Waals surface area contributed by atoms with Crippen molar-refractivity contribution in [1.29, 1.82) is 0 Å². The van der Waals surface area contributed by atoms with Gasteiger partial charge < -0.3 is 19.8 Å². The number of rotatable bonds is 2. The first kappa shape index (κ1) is 21.5. The number of carbonyl (C=O) groups is 2. The van der Waals surface area contributed by atoms with E-state index in [1.807, 2.05) is 20.6 Å². The van der Waals surface area contributed by atoms with Crippen LogP contribution in [0.5, 0.6) is 0 Å². The van der Waals surface area contributed by atoms with Crippen molar-refractivity contribution in [1.82, 2.24) is 15.1 Å². The Morgan fingerprint density at radius 1 is 1.00 bits per heavy atom. The third-order valence-corrected chi connectivity index (χ3v) is 1.98. The van der Waals surface area contributed by atoms with Gasteiger partial charge in [0.2, 0.25) is 0 Å². The first-order valence-corrected chi connectivity index (χ1v) is 5.87. The summed E-state index contributed by atoms with van der Waals surface area (Å²) >= 11 is 0. The van der Waals surface area contributed by atoms with Gasteiger partial charge in [-0.05, 0) is 14.1 Å². The molecule has 1 aliphatic rings. The summed E-state index contributed by atoms with van der Waals surface area (Å²) in [5.74, 6) is 0. The highest BCUT2D eigenvalue weighted by molar-refractivity contribution is 5.11. The van der Waals surface area contributed by atoms with Gasteiger partial charge in [-0.1, -0.05) is 20.3 Å².